The maximum atomic E-state index is 12.8. The first-order valence-electron chi connectivity index (χ1n) is 15.8. The molecule has 3 heterocycles. The summed E-state index contributed by atoms with van der Waals surface area (Å²) < 4.78 is 48.2. The molecule has 3 aromatic carbocycles. The van der Waals surface area contributed by atoms with Gasteiger partial charge in [-0.2, -0.15) is 17.8 Å². The van der Waals surface area contributed by atoms with Gasteiger partial charge in [0.1, 0.15) is 0 Å². The minimum absolute atomic E-state index is 0.339. The molecule has 0 unspecified atom stereocenters. The molecule has 47 heavy (non-hydrogen) atoms. The maximum Gasteiger partial charge on any atom is 0.301 e. The highest BCUT2D eigenvalue weighted by Gasteiger charge is 2.25. The fourth-order valence-electron chi connectivity index (χ4n) is 6.25. The van der Waals surface area contributed by atoms with Gasteiger partial charge in [0, 0.05) is 92.2 Å². The van der Waals surface area contributed by atoms with E-state index in [1.54, 1.807) is 26.4 Å². The van der Waals surface area contributed by atoms with Crippen LogP contribution in [-0.4, -0.2) is 101 Å². The van der Waals surface area contributed by atoms with E-state index in [2.05, 4.69) is 20.6 Å². The number of anilines is 2. The van der Waals surface area contributed by atoms with Gasteiger partial charge in [0.05, 0.1) is 45.2 Å². The minimum atomic E-state index is -3.64. The molecule has 0 saturated carbocycles. The number of halogens is 1. The summed E-state index contributed by atoms with van der Waals surface area (Å²) in [6.45, 7) is 6.89. The zero-order valence-corrected chi connectivity index (χ0v) is 28.4. The van der Waals surface area contributed by atoms with Gasteiger partial charge < -0.3 is 24.8 Å². The molecule has 252 valence electrons. The van der Waals surface area contributed by atoms with E-state index in [1.165, 1.54) is 4.31 Å². The number of morpholine rings is 1. The van der Waals surface area contributed by atoms with Gasteiger partial charge in [-0.05, 0) is 35.9 Å². The predicted molar refractivity (Wildman–Crippen MR) is 185 cm³/mol. The van der Waals surface area contributed by atoms with Crippen LogP contribution < -0.4 is 24.8 Å². The van der Waals surface area contributed by atoms with Gasteiger partial charge in [0.2, 0.25) is 0 Å². The van der Waals surface area contributed by atoms with Gasteiger partial charge in [0.15, 0.2) is 11.5 Å². The Hall–Kier alpha value is -3.59. The summed E-state index contributed by atoms with van der Waals surface area (Å²) in [6.07, 6.45) is 0.770. The molecular formula is C33H42ClN7O5S. The van der Waals surface area contributed by atoms with Crippen LogP contribution in [0.3, 0.4) is 0 Å². The van der Waals surface area contributed by atoms with Crippen molar-refractivity contribution in [1.82, 2.24) is 19.0 Å². The number of aromatic nitrogens is 2. The number of nitrogens with zero attached hydrogens (tertiary/aromatic N) is 5. The van der Waals surface area contributed by atoms with Crippen molar-refractivity contribution in [2.45, 2.75) is 19.5 Å². The third-order valence-electron chi connectivity index (χ3n) is 8.85. The summed E-state index contributed by atoms with van der Waals surface area (Å²) in [5.74, 6) is 1.29. The Bertz CT molecular complexity index is 1790. The summed E-state index contributed by atoms with van der Waals surface area (Å²) >= 11 is 6.42. The molecule has 6 rings (SSSR count). The van der Waals surface area contributed by atoms with Gasteiger partial charge >= 0.3 is 10.2 Å². The first kappa shape index (κ1) is 33.3. The third-order valence-corrected chi connectivity index (χ3v) is 10.7. The molecule has 2 fully saturated rings. The second kappa shape index (κ2) is 14.7. The number of methoxy groups -OCH3 is 2. The standard InChI is InChI=1S/C33H42ClN7O5S/c1-44-32-20-26-29(10-11-38-12-14-39(15-13-38)30-5-3-4-28(34)27(30)22-35)36-41(31(26)21-33(32)45-2)23-24-6-8-25(9-7-24)37-47(42,43)40-16-18-46-19-17-40/h3-9,20-21,37H,10-19,22-23,35H2,1-2H3. The lowest BCUT2D eigenvalue weighted by Gasteiger charge is -2.37. The second-order valence-electron chi connectivity index (χ2n) is 11.7. The van der Waals surface area contributed by atoms with Crippen LogP contribution in [0.25, 0.3) is 10.9 Å². The van der Waals surface area contributed by atoms with Gasteiger partial charge in [0.25, 0.3) is 0 Å². The van der Waals surface area contributed by atoms with Crippen molar-refractivity contribution in [1.29, 1.82) is 0 Å². The van der Waals surface area contributed by atoms with Crippen LogP contribution >= 0.6 is 11.6 Å². The Kier molecular flexibility index (Phi) is 10.4. The molecule has 12 nitrogen and oxygen atoms in total. The average molecular weight is 684 g/mol. The van der Waals surface area contributed by atoms with Crippen LogP contribution in [0.1, 0.15) is 16.8 Å². The topological polar surface area (TPSA) is 127 Å². The molecule has 0 bridgehead atoms. The lowest BCUT2D eigenvalue weighted by Crippen LogP contribution is -2.47. The number of nitrogens with two attached hydrogens (primary N) is 1. The van der Waals surface area contributed by atoms with Crippen molar-refractivity contribution in [2.75, 3.05) is 82.9 Å². The van der Waals surface area contributed by atoms with E-state index >= 15 is 0 Å². The Morgan fingerprint density at radius 1 is 0.957 bits per heavy atom. The Morgan fingerprint density at radius 2 is 1.66 bits per heavy atom. The first-order valence-corrected chi connectivity index (χ1v) is 17.6. The summed E-state index contributed by atoms with van der Waals surface area (Å²) in [6, 6.07) is 17.3. The predicted octanol–water partition coefficient (Wildman–Crippen LogP) is 3.57. The van der Waals surface area contributed by atoms with Crippen LogP contribution in [0, 0.1) is 0 Å². The molecule has 14 heteroatoms. The molecule has 0 radical (unpaired) electrons. The van der Waals surface area contributed by atoms with Crippen molar-refractivity contribution in [2.24, 2.45) is 5.73 Å². The van der Waals surface area contributed by atoms with Crippen LogP contribution in [0.5, 0.6) is 11.5 Å². The quantitative estimate of drug-likeness (QED) is 0.230. The molecule has 3 N–H and O–H groups in total. The number of fused-ring (bicyclic) bond motifs is 1. The second-order valence-corrected chi connectivity index (χ2v) is 13.7. The van der Waals surface area contributed by atoms with Gasteiger partial charge in [-0.3, -0.25) is 14.3 Å². The largest absolute Gasteiger partial charge is 0.493 e. The van der Waals surface area contributed by atoms with E-state index in [1.807, 2.05) is 41.1 Å². The van der Waals surface area contributed by atoms with Crippen molar-refractivity contribution < 1.29 is 22.6 Å². The number of rotatable bonds is 12. The van der Waals surface area contributed by atoms with E-state index in [4.69, 9.17) is 36.6 Å². The normalized spacial score (nSPS) is 16.5. The molecule has 0 aliphatic carbocycles. The van der Waals surface area contributed by atoms with Crippen LogP contribution in [0.4, 0.5) is 11.4 Å². The zero-order chi connectivity index (χ0) is 33.0. The van der Waals surface area contributed by atoms with E-state index in [0.29, 0.717) is 61.6 Å². The van der Waals surface area contributed by atoms with E-state index < -0.39 is 10.2 Å². The molecule has 0 amide bonds. The number of hydrogen-bond acceptors (Lipinski definition) is 9. The van der Waals surface area contributed by atoms with Crippen LogP contribution in [0.2, 0.25) is 5.02 Å². The number of hydrogen-bond donors (Lipinski definition) is 2. The summed E-state index contributed by atoms with van der Waals surface area (Å²) in [7, 11) is -0.379. The molecule has 4 aromatic rings. The lowest BCUT2D eigenvalue weighted by molar-refractivity contribution is 0.0733. The molecule has 2 aliphatic heterocycles. The number of ether oxygens (including phenoxy) is 3. The first-order chi connectivity index (χ1) is 22.8. The van der Waals surface area contributed by atoms with Gasteiger partial charge in [-0.25, -0.2) is 0 Å². The summed E-state index contributed by atoms with van der Waals surface area (Å²) in [5.41, 5.74) is 11.5. The number of nitrogens with one attached hydrogen (secondary N) is 1. The lowest BCUT2D eigenvalue weighted by atomic mass is 10.1. The van der Waals surface area contributed by atoms with E-state index in [0.717, 1.165) is 72.6 Å². The van der Waals surface area contributed by atoms with Gasteiger partial charge in [-0.1, -0.05) is 29.8 Å². The van der Waals surface area contributed by atoms with E-state index in [-0.39, 0.29) is 0 Å². The fourth-order valence-corrected chi connectivity index (χ4v) is 7.68. The zero-order valence-electron chi connectivity index (χ0n) is 26.8. The highest BCUT2D eigenvalue weighted by Crippen LogP contribution is 2.34. The highest BCUT2D eigenvalue weighted by atomic mass is 35.5. The smallest absolute Gasteiger partial charge is 0.301 e. The highest BCUT2D eigenvalue weighted by molar-refractivity contribution is 7.90. The fraction of sp³-hybridized carbons (Fsp3) is 0.424. The van der Waals surface area contributed by atoms with Crippen molar-refractivity contribution >= 4 is 44.1 Å². The van der Waals surface area contributed by atoms with E-state index in [9.17, 15) is 8.42 Å². The van der Waals surface area contributed by atoms with Crippen molar-refractivity contribution in [3.8, 4) is 11.5 Å². The molecule has 0 spiro atoms. The van der Waals surface area contributed by atoms with Gasteiger partial charge in [-0.15, -0.1) is 0 Å². The monoisotopic (exact) mass is 683 g/mol. The Labute approximate surface area is 281 Å². The Balaban J connectivity index is 1.16. The molecule has 2 saturated heterocycles. The van der Waals surface area contributed by atoms with Crippen molar-refractivity contribution in [3.05, 3.63) is 76.4 Å². The molecule has 2 aliphatic rings. The number of piperazine rings is 1. The molecule has 1 aromatic heterocycles. The van der Waals surface area contributed by atoms with Crippen LogP contribution in [0.15, 0.2) is 54.6 Å². The van der Waals surface area contributed by atoms with Crippen LogP contribution in [-0.2, 0) is 34.5 Å². The SMILES string of the molecule is COc1cc2c(CCN3CCN(c4cccc(Cl)c4CN)CC3)nn(Cc3ccc(NS(=O)(=O)N4CCOCC4)cc3)c2cc1OC. The molecular weight excluding hydrogens is 642 g/mol. The Morgan fingerprint density at radius 3 is 2.34 bits per heavy atom. The average Bonchev–Trinajstić information content (AvgIpc) is 3.43. The summed E-state index contributed by atoms with van der Waals surface area (Å²) in [4.78, 5) is 4.83. The summed E-state index contributed by atoms with van der Waals surface area (Å²) in [5, 5.41) is 6.80. The number of benzene rings is 3. The third kappa shape index (κ3) is 7.45. The van der Waals surface area contributed by atoms with Crippen molar-refractivity contribution in [3.63, 3.8) is 0 Å². The minimum Gasteiger partial charge on any atom is -0.493 e. The maximum absolute atomic E-state index is 12.8. The molecule has 0 atom stereocenters.